The number of urea groups is 1. The number of imidazole rings is 1. The van der Waals surface area contributed by atoms with Gasteiger partial charge in [-0.15, -0.1) is 24.8 Å². The van der Waals surface area contributed by atoms with Gasteiger partial charge in [0, 0.05) is 31.5 Å². The van der Waals surface area contributed by atoms with Gasteiger partial charge in [0.05, 0.1) is 13.1 Å². The van der Waals surface area contributed by atoms with Crippen LogP contribution in [-0.4, -0.2) is 69.8 Å². The van der Waals surface area contributed by atoms with Crippen LogP contribution in [0.15, 0.2) is 12.4 Å². The topological polar surface area (TPSA) is 110 Å². The maximum atomic E-state index is 12.3. The quantitative estimate of drug-likeness (QED) is 0.568. The van der Waals surface area contributed by atoms with Crippen molar-refractivity contribution in [2.45, 2.75) is 25.4 Å². The zero-order chi connectivity index (χ0) is 17.4. The minimum Gasteiger partial charge on any atom is -0.350 e. The molecule has 3 aliphatic rings. The van der Waals surface area contributed by atoms with Crippen molar-refractivity contribution in [3.05, 3.63) is 18.2 Å². The highest BCUT2D eigenvalue weighted by atomic mass is 35.5. The number of hydrogen-bond acceptors (Lipinski definition) is 5. The minimum atomic E-state index is -0.496. The Labute approximate surface area is 169 Å². The first-order chi connectivity index (χ1) is 12.1. The molecule has 4 rings (SSSR count). The van der Waals surface area contributed by atoms with Crippen LogP contribution in [0.3, 0.4) is 0 Å². The third kappa shape index (κ3) is 4.91. The molecule has 150 valence electrons. The monoisotopic (exact) mass is 418 g/mol. The molecule has 0 aromatic carbocycles. The summed E-state index contributed by atoms with van der Waals surface area (Å²) in [6.07, 6.45) is 5.96. The van der Waals surface area contributed by atoms with Gasteiger partial charge in [0.1, 0.15) is 12.4 Å². The lowest BCUT2D eigenvalue weighted by atomic mass is 9.98. The molecule has 1 aliphatic carbocycles. The number of rotatable bonds is 6. The van der Waals surface area contributed by atoms with Gasteiger partial charge < -0.3 is 15.6 Å². The van der Waals surface area contributed by atoms with Gasteiger partial charge in [-0.1, -0.05) is 0 Å². The summed E-state index contributed by atoms with van der Waals surface area (Å²) in [7, 11) is 0. The highest BCUT2D eigenvalue weighted by Gasteiger charge is 2.43. The molecular formula is C16H24Cl2N6O3. The summed E-state index contributed by atoms with van der Waals surface area (Å²) < 4.78 is 0. The largest absolute Gasteiger partial charge is 0.350 e. The molecule has 0 radical (unpaired) electrons. The number of carbonyl (C=O) groups is 3. The number of aromatic nitrogens is 2. The third-order valence-electron chi connectivity index (χ3n) is 5.18. The highest BCUT2D eigenvalue weighted by molar-refractivity contribution is 6.04. The molecule has 1 aromatic rings. The average Bonchev–Trinajstić information content (AvgIpc) is 3.02. The molecule has 4 amide bonds. The summed E-state index contributed by atoms with van der Waals surface area (Å²) in [5, 5.41) is 5.47. The fourth-order valence-electron chi connectivity index (χ4n) is 3.80. The van der Waals surface area contributed by atoms with E-state index < -0.39 is 6.03 Å². The van der Waals surface area contributed by atoms with Crippen molar-refractivity contribution >= 4 is 42.7 Å². The summed E-state index contributed by atoms with van der Waals surface area (Å²) in [5.74, 6) is 1.36. The Morgan fingerprint density at radius 1 is 1.26 bits per heavy atom. The van der Waals surface area contributed by atoms with E-state index >= 15 is 0 Å². The summed E-state index contributed by atoms with van der Waals surface area (Å²) in [4.78, 5) is 46.1. The molecule has 3 N–H and O–H groups in total. The second kappa shape index (κ2) is 8.90. The zero-order valence-electron chi connectivity index (χ0n) is 14.7. The van der Waals surface area contributed by atoms with Gasteiger partial charge in [-0.25, -0.2) is 9.78 Å². The standard InChI is InChI=1S/C16H22N6O3.2ClH/c23-14(9-22-15(24)5-19-16(22)25)20-12-7-21(6-11(12)10-1-2-10)8-13-17-3-4-18-13;;/h3-4,10-12H,1-2,5-9H2,(H,17,18)(H,19,25)(H,20,23);2*1H/t11-,12+;;/m1../s1. The van der Waals surface area contributed by atoms with Crippen LogP contribution in [0.4, 0.5) is 4.79 Å². The van der Waals surface area contributed by atoms with Crippen LogP contribution in [0, 0.1) is 11.8 Å². The molecule has 9 nitrogen and oxygen atoms in total. The lowest BCUT2D eigenvalue weighted by Gasteiger charge is -2.21. The van der Waals surface area contributed by atoms with Crippen molar-refractivity contribution in [2.75, 3.05) is 26.2 Å². The molecule has 0 bridgehead atoms. The van der Waals surface area contributed by atoms with E-state index in [-0.39, 0.29) is 55.8 Å². The smallest absolute Gasteiger partial charge is 0.325 e. The van der Waals surface area contributed by atoms with Crippen molar-refractivity contribution in [1.82, 2.24) is 30.4 Å². The first-order valence-corrected chi connectivity index (χ1v) is 8.68. The second-order valence-corrected chi connectivity index (χ2v) is 7.04. The predicted molar refractivity (Wildman–Crippen MR) is 102 cm³/mol. The number of amides is 4. The van der Waals surface area contributed by atoms with Crippen LogP contribution in [0.2, 0.25) is 0 Å². The SMILES string of the molecule is Cl.Cl.O=C(CN1C(=O)CNC1=O)N[C@H]1CN(Cc2ncc[nH]2)C[C@@H]1C1CC1. The Morgan fingerprint density at radius 2 is 2.04 bits per heavy atom. The van der Waals surface area contributed by atoms with Crippen molar-refractivity contribution in [3.63, 3.8) is 0 Å². The number of hydrogen-bond donors (Lipinski definition) is 3. The number of H-pyrrole nitrogens is 1. The molecule has 3 heterocycles. The molecule has 0 spiro atoms. The van der Waals surface area contributed by atoms with Crippen LogP contribution in [0.25, 0.3) is 0 Å². The predicted octanol–water partition coefficient (Wildman–Crippen LogP) is 0.132. The Balaban J connectivity index is 0.00000131. The fourth-order valence-corrected chi connectivity index (χ4v) is 3.80. The van der Waals surface area contributed by atoms with Gasteiger partial charge in [0.2, 0.25) is 5.91 Å². The summed E-state index contributed by atoms with van der Waals surface area (Å²) >= 11 is 0. The van der Waals surface area contributed by atoms with Gasteiger partial charge in [-0.3, -0.25) is 19.4 Å². The number of halogens is 2. The number of nitrogens with one attached hydrogen (secondary N) is 3. The first-order valence-electron chi connectivity index (χ1n) is 8.68. The first kappa shape index (κ1) is 21.5. The fraction of sp³-hybridized carbons (Fsp3) is 0.625. The van der Waals surface area contributed by atoms with Gasteiger partial charge in [0.15, 0.2) is 0 Å². The van der Waals surface area contributed by atoms with E-state index in [0.29, 0.717) is 11.8 Å². The molecule has 2 aliphatic heterocycles. The number of nitrogens with zero attached hydrogens (tertiary/aromatic N) is 3. The Hall–Kier alpha value is -1.84. The third-order valence-corrected chi connectivity index (χ3v) is 5.18. The zero-order valence-corrected chi connectivity index (χ0v) is 16.4. The maximum Gasteiger partial charge on any atom is 0.325 e. The molecule has 2 atom stereocenters. The summed E-state index contributed by atoms with van der Waals surface area (Å²) in [6.45, 7) is 2.18. The maximum absolute atomic E-state index is 12.3. The van der Waals surface area contributed by atoms with E-state index in [1.54, 1.807) is 12.4 Å². The van der Waals surface area contributed by atoms with Crippen molar-refractivity contribution in [1.29, 1.82) is 0 Å². The number of carbonyl (C=O) groups excluding carboxylic acids is 3. The van der Waals surface area contributed by atoms with Crippen molar-refractivity contribution < 1.29 is 14.4 Å². The molecule has 1 aromatic heterocycles. The van der Waals surface area contributed by atoms with Gasteiger partial charge in [-0.2, -0.15) is 0 Å². The number of likely N-dealkylation sites (tertiary alicyclic amines) is 1. The molecule has 11 heteroatoms. The number of aromatic amines is 1. The number of imide groups is 1. The van der Waals surface area contributed by atoms with E-state index in [9.17, 15) is 14.4 Å². The summed E-state index contributed by atoms with van der Waals surface area (Å²) in [6, 6.07) is -0.444. The van der Waals surface area contributed by atoms with Crippen molar-refractivity contribution in [2.24, 2.45) is 11.8 Å². The highest BCUT2D eigenvalue weighted by Crippen LogP contribution is 2.41. The van der Waals surface area contributed by atoms with Gasteiger partial charge >= 0.3 is 6.03 Å². The lowest BCUT2D eigenvalue weighted by molar-refractivity contribution is -0.131. The van der Waals surface area contributed by atoms with Crippen LogP contribution in [0.5, 0.6) is 0 Å². The van der Waals surface area contributed by atoms with Crippen LogP contribution < -0.4 is 10.6 Å². The van der Waals surface area contributed by atoms with Crippen LogP contribution >= 0.6 is 24.8 Å². The van der Waals surface area contributed by atoms with E-state index in [4.69, 9.17) is 0 Å². The molecule has 2 saturated heterocycles. The lowest BCUT2D eigenvalue weighted by Crippen LogP contribution is -2.47. The van der Waals surface area contributed by atoms with Crippen LogP contribution in [0.1, 0.15) is 18.7 Å². The molecule has 0 unspecified atom stereocenters. The van der Waals surface area contributed by atoms with Crippen molar-refractivity contribution in [3.8, 4) is 0 Å². The molecule has 1 saturated carbocycles. The van der Waals surface area contributed by atoms with Crippen LogP contribution in [-0.2, 0) is 16.1 Å². The summed E-state index contributed by atoms with van der Waals surface area (Å²) in [5.41, 5.74) is 0. The van der Waals surface area contributed by atoms with E-state index in [1.807, 2.05) is 0 Å². The van der Waals surface area contributed by atoms with E-state index in [1.165, 1.54) is 12.8 Å². The van der Waals surface area contributed by atoms with E-state index in [2.05, 4.69) is 25.5 Å². The Kier molecular flexibility index (Phi) is 7.07. The van der Waals surface area contributed by atoms with Gasteiger partial charge in [-0.05, 0) is 24.7 Å². The Bertz CT molecular complexity index is 666. The Morgan fingerprint density at radius 3 is 2.63 bits per heavy atom. The van der Waals surface area contributed by atoms with E-state index in [0.717, 1.165) is 30.4 Å². The minimum absolute atomic E-state index is 0. The van der Waals surface area contributed by atoms with Gasteiger partial charge in [0.25, 0.3) is 5.91 Å². The molecular weight excluding hydrogens is 395 g/mol. The average molecular weight is 419 g/mol. The normalized spacial score (nSPS) is 25.0. The second-order valence-electron chi connectivity index (χ2n) is 7.04. The molecule has 3 fully saturated rings. The molecule has 27 heavy (non-hydrogen) atoms.